The Balaban J connectivity index is 2.38. The maximum Gasteiger partial charge on any atom is 0.340 e. The minimum absolute atomic E-state index is 0.0971. The highest BCUT2D eigenvalue weighted by Crippen LogP contribution is 2.28. The first-order chi connectivity index (χ1) is 9.43. The SMILES string of the molecule is COC(=O)c1cc(N2CCN(C)CC2C)c(F)cc1N. The van der Waals surface area contributed by atoms with Crippen LogP contribution in [0.2, 0.25) is 0 Å². The van der Waals surface area contributed by atoms with Crippen LogP contribution in [0.15, 0.2) is 12.1 Å². The number of carbonyl (C=O) groups excluding carboxylic acids is 1. The van der Waals surface area contributed by atoms with Crippen LogP contribution in [0.3, 0.4) is 0 Å². The summed E-state index contributed by atoms with van der Waals surface area (Å²) in [5.74, 6) is -0.961. The van der Waals surface area contributed by atoms with Crippen molar-refractivity contribution in [2.45, 2.75) is 13.0 Å². The van der Waals surface area contributed by atoms with E-state index >= 15 is 0 Å². The molecule has 0 saturated carbocycles. The van der Waals surface area contributed by atoms with Gasteiger partial charge < -0.3 is 20.3 Å². The number of rotatable bonds is 2. The second-order valence-corrected chi connectivity index (χ2v) is 5.19. The van der Waals surface area contributed by atoms with Crippen LogP contribution in [0, 0.1) is 5.82 Å². The number of esters is 1. The minimum atomic E-state index is -0.550. The molecule has 1 atom stereocenters. The number of carbonyl (C=O) groups is 1. The molecule has 1 aromatic carbocycles. The van der Waals surface area contributed by atoms with Gasteiger partial charge in [-0.3, -0.25) is 0 Å². The van der Waals surface area contributed by atoms with Crippen molar-refractivity contribution >= 4 is 17.3 Å². The van der Waals surface area contributed by atoms with E-state index in [0.29, 0.717) is 12.2 Å². The summed E-state index contributed by atoms with van der Waals surface area (Å²) in [6.45, 7) is 4.43. The molecule has 2 rings (SSSR count). The molecular formula is C14H20FN3O2. The van der Waals surface area contributed by atoms with Crippen molar-refractivity contribution in [3.8, 4) is 0 Å². The molecule has 5 nitrogen and oxygen atoms in total. The molecule has 0 radical (unpaired) electrons. The van der Waals surface area contributed by atoms with E-state index in [1.807, 2.05) is 18.9 Å². The molecule has 0 amide bonds. The van der Waals surface area contributed by atoms with Crippen molar-refractivity contribution in [2.75, 3.05) is 44.4 Å². The fraction of sp³-hybridized carbons (Fsp3) is 0.500. The molecule has 1 aliphatic rings. The quantitative estimate of drug-likeness (QED) is 0.655. The third-order valence-corrected chi connectivity index (χ3v) is 3.66. The smallest absolute Gasteiger partial charge is 0.340 e. The Morgan fingerprint density at radius 2 is 2.15 bits per heavy atom. The fourth-order valence-corrected chi connectivity index (χ4v) is 2.58. The molecular weight excluding hydrogens is 261 g/mol. The molecule has 6 heteroatoms. The highest BCUT2D eigenvalue weighted by Gasteiger charge is 2.25. The van der Waals surface area contributed by atoms with Gasteiger partial charge in [-0.25, -0.2) is 9.18 Å². The Morgan fingerprint density at radius 1 is 1.45 bits per heavy atom. The number of ether oxygens (including phenoxy) is 1. The van der Waals surface area contributed by atoms with E-state index in [-0.39, 0.29) is 17.3 Å². The molecule has 1 fully saturated rings. The first-order valence-electron chi connectivity index (χ1n) is 6.56. The van der Waals surface area contributed by atoms with Crippen molar-refractivity contribution in [1.82, 2.24) is 4.90 Å². The summed E-state index contributed by atoms with van der Waals surface area (Å²) >= 11 is 0. The second-order valence-electron chi connectivity index (χ2n) is 5.19. The molecule has 0 aliphatic carbocycles. The van der Waals surface area contributed by atoms with Gasteiger partial charge in [-0.2, -0.15) is 0 Å². The Labute approximate surface area is 118 Å². The predicted molar refractivity (Wildman–Crippen MR) is 76.5 cm³/mol. The number of nitrogen functional groups attached to an aromatic ring is 1. The number of piperazine rings is 1. The molecule has 1 unspecified atom stereocenters. The number of nitrogens with two attached hydrogens (primary N) is 1. The zero-order chi connectivity index (χ0) is 14.9. The van der Waals surface area contributed by atoms with Crippen LogP contribution in [0.25, 0.3) is 0 Å². The normalized spacial score (nSPS) is 20.0. The van der Waals surface area contributed by atoms with E-state index in [1.165, 1.54) is 19.2 Å². The van der Waals surface area contributed by atoms with Gasteiger partial charge in [-0.05, 0) is 26.1 Å². The van der Waals surface area contributed by atoms with E-state index in [1.54, 1.807) is 0 Å². The summed E-state index contributed by atoms with van der Waals surface area (Å²) in [6.07, 6.45) is 0. The van der Waals surface area contributed by atoms with Crippen LogP contribution < -0.4 is 10.6 Å². The topological polar surface area (TPSA) is 58.8 Å². The molecule has 1 saturated heterocycles. The summed E-state index contributed by atoms with van der Waals surface area (Å²) in [6, 6.07) is 2.84. The Bertz CT molecular complexity index is 521. The predicted octanol–water partition coefficient (Wildman–Crippen LogP) is 1.33. The largest absolute Gasteiger partial charge is 0.465 e. The third-order valence-electron chi connectivity index (χ3n) is 3.66. The van der Waals surface area contributed by atoms with Crippen molar-refractivity contribution in [2.24, 2.45) is 0 Å². The summed E-state index contributed by atoms with van der Waals surface area (Å²) in [5.41, 5.74) is 6.39. The molecule has 20 heavy (non-hydrogen) atoms. The van der Waals surface area contributed by atoms with Crippen LogP contribution >= 0.6 is 0 Å². The summed E-state index contributed by atoms with van der Waals surface area (Å²) < 4.78 is 18.8. The lowest BCUT2D eigenvalue weighted by Gasteiger charge is -2.40. The molecule has 1 heterocycles. The minimum Gasteiger partial charge on any atom is -0.465 e. The number of hydrogen-bond acceptors (Lipinski definition) is 5. The lowest BCUT2D eigenvalue weighted by molar-refractivity contribution is 0.0602. The Morgan fingerprint density at radius 3 is 2.75 bits per heavy atom. The molecule has 0 aromatic heterocycles. The fourth-order valence-electron chi connectivity index (χ4n) is 2.58. The Hall–Kier alpha value is -1.82. The highest BCUT2D eigenvalue weighted by atomic mass is 19.1. The van der Waals surface area contributed by atoms with Gasteiger partial charge in [0.15, 0.2) is 0 Å². The second kappa shape index (κ2) is 5.66. The van der Waals surface area contributed by atoms with Crippen LogP contribution in [-0.2, 0) is 4.74 Å². The van der Waals surface area contributed by atoms with Crippen molar-refractivity contribution in [3.05, 3.63) is 23.5 Å². The van der Waals surface area contributed by atoms with E-state index < -0.39 is 11.8 Å². The van der Waals surface area contributed by atoms with E-state index in [4.69, 9.17) is 5.73 Å². The van der Waals surface area contributed by atoms with Gasteiger partial charge in [0.1, 0.15) is 5.82 Å². The number of halogens is 1. The standard InChI is InChI=1S/C14H20FN3O2/c1-9-8-17(2)4-5-18(9)13-6-10(14(19)20-3)12(16)7-11(13)15/h6-7,9H,4-5,8,16H2,1-3H3. The van der Waals surface area contributed by atoms with Gasteiger partial charge in [0.05, 0.1) is 18.4 Å². The van der Waals surface area contributed by atoms with Gasteiger partial charge in [-0.15, -0.1) is 0 Å². The molecule has 1 aromatic rings. The summed E-state index contributed by atoms with van der Waals surface area (Å²) in [7, 11) is 3.32. The van der Waals surface area contributed by atoms with E-state index in [0.717, 1.165) is 13.1 Å². The van der Waals surface area contributed by atoms with Crippen molar-refractivity contribution in [3.63, 3.8) is 0 Å². The molecule has 0 spiro atoms. The van der Waals surface area contributed by atoms with Crippen molar-refractivity contribution < 1.29 is 13.9 Å². The maximum absolute atomic E-state index is 14.2. The lowest BCUT2D eigenvalue weighted by atomic mass is 10.1. The average Bonchev–Trinajstić information content (AvgIpc) is 2.39. The lowest BCUT2D eigenvalue weighted by Crippen LogP contribution is -2.50. The van der Waals surface area contributed by atoms with Crippen LogP contribution in [0.5, 0.6) is 0 Å². The van der Waals surface area contributed by atoms with Gasteiger partial charge in [0.25, 0.3) is 0 Å². The van der Waals surface area contributed by atoms with Crippen LogP contribution in [0.4, 0.5) is 15.8 Å². The zero-order valence-corrected chi connectivity index (χ0v) is 12.0. The van der Waals surface area contributed by atoms with E-state index in [2.05, 4.69) is 9.64 Å². The number of anilines is 2. The van der Waals surface area contributed by atoms with Gasteiger partial charge in [0, 0.05) is 31.4 Å². The highest BCUT2D eigenvalue weighted by molar-refractivity contribution is 5.96. The zero-order valence-electron chi connectivity index (χ0n) is 12.0. The summed E-state index contributed by atoms with van der Waals surface area (Å²) in [4.78, 5) is 15.8. The van der Waals surface area contributed by atoms with Crippen LogP contribution in [-0.4, -0.2) is 50.7 Å². The van der Waals surface area contributed by atoms with E-state index in [9.17, 15) is 9.18 Å². The molecule has 0 bridgehead atoms. The van der Waals surface area contributed by atoms with Gasteiger partial charge in [-0.1, -0.05) is 0 Å². The molecule has 1 aliphatic heterocycles. The molecule has 2 N–H and O–H groups in total. The number of benzene rings is 1. The Kier molecular flexibility index (Phi) is 4.13. The van der Waals surface area contributed by atoms with Gasteiger partial charge in [0.2, 0.25) is 0 Å². The molecule has 110 valence electrons. The number of likely N-dealkylation sites (N-methyl/N-ethyl adjacent to an activating group) is 1. The average molecular weight is 281 g/mol. The maximum atomic E-state index is 14.2. The summed E-state index contributed by atoms with van der Waals surface area (Å²) in [5, 5.41) is 0. The first-order valence-corrected chi connectivity index (χ1v) is 6.56. The monoisotopic (exact) mass is 281 g/mol. The first kappa shape index (κ1) is 14.6. The van der Waals surface area contributed by atoms with Crippen molar-refractivity contribution in [1.29, 1.82) is 0 Å². The third kappa shape index (κ3) is 2.70. The number of methoxy groups -OCH3 is 1. The number of hydrogen-bond donors (Lipinski definition) is 1. The van der Waals surface area contributed by atoms with Crippen LogP contribution in [0.1, 0.15) is 17.3 Å². The number of nitrogens with zero attached hydrogens (tertiary/aromatic N) is 2. The van der Waals surface area contributed by atoms with Gasteiger partial charge >= 0.3 is 5.97 Å².